The fourth-order valence-electron chi connectivity index (χ4n) is 2.13. The van der Waals surface area contributed by atoms with Crippen LogP contribution in [0.4, 0.5) is 14.5 Å². The average molecular weight is 291 g/mol. The SMILES string of the molecule is CCN(C(=O)c1cccc(F)c1F)c1cc(O)ccc1C. The Bertz CT molecular complexity index is 686. The summed E-state index contributed by atoms with van der Waals surface area (Å²) in [6.07, 6.45) is 0. The quantitative estimate of drug-likeness (QED) is 0.937. The highest BCUT2D eigenvalue weighted by atomic mass is 19.2. The van der Waals surface area contributed by atoms with Crippen molar-refractivity contribution >= 4 is 11.6 Å². The van der Waals surface area contributed by atoms with Crippen LogP contribution in [0.3, 0.4) is 0 Å². The number of phenols is 1. The Balaban J connectivity index is 2.48. The molecule has 0 aliphatic carbocycles. The standard InChI is InChI=1S/C16H15F2NO2/c1-3-19(14-9-11(20)8-7-10(14)2)16(21)12-5-4-6-13(17)15(12)18/h4-9,20H,3H2,1-2H3. The lowest BCUT2D eigenvalue weighted by atomic mass is 10.1. The van der Waals surface area contributed by atoms with Gasteiger partial charge in [-0.15, -0.1) is 0 Å². The van der Waals surface area contributed by atoms with Crippen molar-refractivity contribution in [3.05, 3.63) is 59.2 Å². The van der Waals surface area contributed by atoms with E-state index in [2.05, 4.69) is 0 Å². The highest BCUT2D eigenvalue weighted by molar-refractivity contribution is 6.06. The van der Waals surface area contributed by atoms with Gasteiger partial charge < -0.3 is 10.0 Å². The summed E-state index contributed by atoms with van der Waals surface area (Å²) in [5, 5.41) is 9.56. The Morgan fingerprint density at radius 1 is 1.24 bits per heavy atom. The Kier molecular flexibility index (Phi) is 4.21. The van der Waals surface area contributed by atoms with Gasteiger partial charge in [-0.1, -0.05) is 12.1 Å². The van der Waals surface area contributed by atoms with Crippen LogP contribution >= 0.6 is 0 Å². The first kappa shape index (κ1) is 15.0. The Labute approximate surface area is 121 Å². The van der Waals surface area contributed by atoms with Crippen molar-refractivity contribution in [3.8, 4) is 5.75 Å². The molecule has 0 fully saturated rings. The van der Waals surface area contributed by atoms with Crippen LogP contribution in [0, 0.1) is 18.6 Å². The highest BCUT2D eigenvalue weighted by Crippen LogP contribution is 2.27. The molecule has 1 amide bonds. The number of hydrogen-bond donors (Lipinski definition) is 1. The number of hydrogen-bond acceptors (Lipinski definition) is 2. The third kappa shape index (κ3) is 2.86. The fraction of sp³-hybridized carbons (Fsp3) is 0.188. The summed E-state index contributed by atoms with van der Waals surface area (Å²) in [6.45, 7) is 3.75. The summed E-state index contributed by atoms with van der Waals surface area (Å²) in [4.78, 5) is 13.7. The molecule has 0 bridgehead atoms. The number of rotatable bonds is 3. The molecule has 1 N–H and O–H groups in total. The molecule has 0 saturated heterocycles. The first-order chi connectivity index (χ1) is 9.95. The van der Waals surface area contributed by atoms with Crippen molar-refractivity contribution in [1.82, 2.24) is 0 Å². The average Bonchev–Trinajstić information content (AvgIpc) is 2.46. The second kappa shape index (κ2) is 5.91. The number of nitrogens with zero attached hydrogens (tertiary/aromatic N) is 1. The van der Waals surface area contributed by atoms with Crippen molar-refractivity contribution in [2.75, 3.05) is 11.4 Å². The number of carbonyl (C=O) groups is 1. The van der Waals surface area contributed by atoms with E-state index in [1.807, 2.05) is 0 Å². The largest absolute Gasteiger partial charge is 0.508 e. The molecule has 0 unspecified atom stereocenters. The number of carbonyl (C=O) groups excluding carboxylic acids is 1. The smallest absolute Gasteiger partial charge is 0.261 e. The minimum Gasteiger partial charge on any atom is -0.508 e. The summed E-state index contributed by atoms with van der Waals surface area (Å²) < 4.78 is 27.0. The van der Waals surface area contributed by atoms with Crippen molar-refractivity contribution in [2.45, 2.75) is 13.8 Å². The van der Waals surface area contributed by atoms with Crippen LogP contribution in [0.15, 0.2) is 36.4 Å². The molecule has 0 aliphatic heterocycles. The van der Waals surface area contributed by atoms with Crippen molar-refractivity contribution in [3.63, 3.8) is 0 Å². The van der Waals surface area contributed by atoms with Crippen LogP contribution in [0.1, 0.15) is 22.8 Å². The molecule has 0 atom stereocenters. The van der Waals surface area contributed by atoms with Crippen molar-refractivity contribution in [1.29, 1.82) is 0 Å². The number of aromatic hydroxyl groups is 1. The number of aryl methyl sites for hydroxylation is 1. The number of halogens is 2. The normalized spacial score (nSPS) is 10.5. The lowest BCUT2D eigenvalue weighted by Gasteiger charge is -2.23. The van der Waals surface area contributed by atoms with Gasteiger partial charge in [-0.3, -0.25) is 4.79 Å². The maximum absolute atomic E-state index is 13.8. The second-order valence-electron chi connectivity index (χ2n) is 4.62. The zero-order valence-electron chi connectivity index (χ0n) is 11.7. The molecule has 0 aliphatic rings. The predicted molar refractivity (Wildman–Crippen MR) is 76.6 cm³/mol. The molecule has 2 rings (SSSR count). The van der Waals surface area contributed by atoms with Gasteiger partial charge in [0.25, 0.3) is 5.91 Å². The summed E-state index contributed by atoms with van der Waals surface area (Å²) in [6, 6.07) is 8.06. The predicted octanol–water partition coefficient (Wildman–Crippen LogP) is 3.65. The zero-order valence-corrected chi connectivity index (χ0v) is 11.7. The molecular weight excluding hydrogens is 276 g/mol. The molecule has 110 valence electrons. The van der Waals surface area contributed by atoms with Crippen LogP contribution in [-0.4, -0.2) is 17.6 Å². The fourth-order valence-corrected chi connectivity index (χ4v) is 2.13. The van der Waals surface area contributed by atoms with Crippen molar-refractivity contribution < 1.29 is 18.7 Å². The van der Waals surface area contributed by atoms with E-state index in [1.54, 1.807) is 19.9 Å². The third-order valence-electron chi connectivity index (χ3n) is 3.23. The molecule has 0 saturated carbocycles. The maximum Gasteiger partial charge on any atom is 0.261 e. The Morgan fingerprint density at radius 2 is 1.95 bits per heavy atom. The number of amides is 1. The molecule has 0 radical (unpaired) electrons. The van der Waals surface area contributed by atoms with E-state index in [0.29, 0.717) is 5.69 Å². The van der Waals surface area contributed by atoms with Crippen LogP contribution in [0.25, 0.3) is 0 Å². The first-order valence-corrected chi connectivity index (χ1v) is 6.51. The summed E-state index contributed by atoms with van der Waals surface area (Å²) in [7, 11) is 0. The van der Waals surface area contributed by atoms with Crippen molar-refractivity contribution in [2.24, 2.45) is 0 Å². The molecule has 0 spiro atoms. The van der Waals surface area contributed by atoms with E-state index in [0.717, 1.165) is 11.6 Å². The van der Waals surface area contributed by atoms with E-state index in [1.165, 1.54) is 29.2 Å². The monoisotopic (exact) mass is 291 g/mol. The van der Waals surface area contributed by atoms with Gasteiger partial charge in [-0.2, -0.15) is 0 Å². The molecular formula is C16H15F2NO2. The van der Waals surface area contributed by atoms with Crippen LogP contribution < -0.4 is 4.90 Å². The van der Waals surface area contributed by atoms with Crippen LogP contribution in [0.2, 0.25) is 0 Å². The topological polar surface area (TPSA) is 40.5 Å². The van der Waals surface area contributed by atoms with E-state index in [9.17, 15) is 18.7 Å². The van der Waals surface area contributed by atoms with Gasteiger partial charge in [0.15, 0.2) is 11.6 Å². The Hall–Kier alpha value is -2.43. The number of phenolic OH excluding ortho intramolecular Hbond substituents is 1. The molecule has 2 aromatic carbocycles. The summed E-state index contributed by atoms with van der Waals surface area (Å²) in [5.41, 5.74) is 0.880. The van der Waals surface area contributed by atoms with E-state index in [4.69, 9.17) is 0 Å². The minimum atomic E-state index is -1.17. The van der Waals surface area contributed by atoms with Gasteiger partial charge in [0.2, 0.25) is 0 Å². The molecule has 3 nitrogen and oxygen atoms in total. The van der Waals surface area contributed by atoms with Crippen LogP contribution in [-0.2, 0) is 0 Å². The Morgan fingerprint density at radius 3 is 2.62 bits per heavy atom. The van der Waals surface area contributed by atoms with E-state index < -0.39 is 17.5 Å². The van der Waals surface area contributed by atoms with E-state index in [-0.39, 0.29) is 17.9 Å². The van der Waals surface area contributed by atoms with Gasteiger partial charge in [-0.25, -0.2) is 8.78 Å². The highest BCUT2D eigenvalue weighted by Gasteiger charge is 2.22. The van der Waals surface area contributed by atoms with Gasteiger partial charge in [0.05, 0.1) is 11.3 Å². The zero-order chi connectivity index (χ0) is 15.6. The summed E-state index contributed by atoms with van der Waals surface area (Å²) >= 11 is 0. The lowest BCUT2D eigenvalue weighted by molar-refractivity contribution is 0.0983. The second-order valence-corrected chi connectivity index (χ2v) is 4.62. The third-order valence-corrected chi connectivity index (χ3v) is 3.23. The molecule has 21 heavy (non-hydrogen) atoms. The molecule has 0 heterocycles. The van der Waals surface area contributed by atoms with Crippen LogP contribution in [0.5, 0.6) is 5.75 Å². The number of benzene rings is 2. The minimum absolute atomic E-state index is 0.00145. The van der Waals surface area contributed by atoms with E-state index >= 15 is 0 Å². The van der Waals surface area contributed by atoms with Gasteiger partial charge >= 0.3 is 0 Å². The first-order valence-electron chi connectivity index (χ1n) is 6.51. The lowest BCUT2D eigenvalue weighted by Crippen LogP contribution is -2.32. The molecule has 2 aromatic rings. The van der Waals surface area contributed by atoms with Gasteiger partial charge in [-0.05, 0) is 37.6 Å². The van der Waals surface area contributed by atoms with Gasteiger partial charge in [0, 0.05) is 12.6 Å². The molecule has 0 aromatic heterocycles. The molecule has 5 heteroatoms. The summed E-state index contributed by atoms with van der Waals surface area (Å²) in [5.74, 6) is -2.88. The number of anilines is 1. The maximum atomic E-state index is 13.8. The van der Waals surface area contributed by atoms with Gasteiger partial charge in [0.1, 0.15) is 5.75 Å².